The highest BCUT2D eigenvalue weighted by molar-refractivity contribution is 7.89. The van der Waals surface area contributed by atoms with Gasteiger partial charge < -0.3 is 4.42 Å². The third-order valence-electron chi connectivity index (χ3n) is 3.51. The van der Waals surface area contributed by atoms with Gasteiger partial charge >= 0.3 is 0 Å². The number of aromatic nitrogens is 1. The fourth-order valence-corrected chi connectivity index (χ4v) is 4.33. The topological polar surface area (TPSA) is 63.4 Å². The minimum atomic E-state index is -3.90. The summed E-state index contributed by atoms with van der Waals surface area (Å²) in [5.74, 6) is 0.424. The molecule has 0 saturated carbocycles. The number of sulfonamides is 1. The van der Waals surface area contributed by atoms with Crippen LogP contribution in [0.4, 0.5) is 4.39 Å². The van der Waals surface area contributed by atoms with Crippen molar-refractivity contribution in [1.82, 2.24) is 9.29 Å². The standard InChI is InChI=1S/C14H16ClFN2O3S/c1-14(2,3)13-17-10-5-4-9(15)12(11(10)21-13)22(19,20)18-6-8(16)7-18/h4-5,8H,6-7H2,1-3H3. The maximum Gasteiger partial charge on any atom is 0.248 e. The molecule has 0 bridgehead atoms. The summed E-state index contributed by atoms with van der Waals surface area (Å²) in [6.45, 7) is 5.43. The Kier molecular flexibility index (Phi) is 3.50. The lowest BCUT2D eigenvalue weighted by Gasteiger charge is -2.33. The highest BCUT2D eigenvalue weighted by atomic mass is 35.5. The van der Waals surface area contributed by atoms with E-state index in [0.29, 0.717) is 11.4 Å². The number of alkyl halides is 1. The zero-order valence-corrected chi connectivity index (χ0v) is 14.0. The zero-order chi connectivity index (χ0) is 16.3. The van der Waals surface area contributed by atoms with Crippen LogP contribution in [0.2, 0.25) is 5.02 Å². The number of halogens is 2. The minimum Gasteiger partial charge on any atom is -0.439 e. The third-order valence-corrected chi connectivity index (χ3v) is 5.83. The summed E-state index contributed by atoms with van der Waals surface area (Å²) in [4.78, 5) is 4.20. The van der Waals surface area contributed by atoms with Crippen molar-refractivity contribution in [3.63, 3.8) is 0 Å². The zero-order valence-electron chi connectivity index (χ0n) is 12.4. The van der Waals surface area contributed by atoms with Crippen LogP contribution >= 0.6 is 11.6 Å². The van der Waals surface area contributed by atoms with Crippen LogP contribution in [-0.2, 0) is 15.4 Å². The van der Waals surface area contributed by atoms with Gasteiger partial charge in [-0.25, -0.2) is 17.8 Å². The van der Waals surface area contributed by atoms with E-state index in [-0.39, 0.29) is 34.0 Å². The smallest absolute Gasteiger partial charge is 0.248 e. The van der Waals surface area contributed by atoms with Crippen LogP contribution in [0.3, 0.4) is 0 Å². The van der Waals surface area contributed by atoms with Gasteiger partial charge in [0.25, 0.3) is 0 Å². The fourth-order valence-electron chi connectivity index (χ4n) is 2.22. The van der Waals surface area contributed by atoms with Crippen molar-refractivity contribution in [1.29, 1.82) is 0 Å². The molecule has 2 heterocycles. The molecule has 5 nitrogen and oxygen atoms in total. The van der Waals surface area contributed by atoms with Gasteiger partial charge in [-0.05, 0) is 12.1 Å². The molecule has 8 heteroatoms. The molecule has 0 spiro atoms. The van der Waals surface area contributed by atoms with E-state index in [1.54, 1.807) is 6.07 Å². The highest BCUT2D eigenvalue weighted by Gasteiger charge is 2.40. The van der Waals surface area contributed by atoms with Crippen molar-refractivity contribution in [3.05, 3.63) is 23.0 Å². The van der Waals surface area contributed by atoms with Crippen molar-refractivity contribution in [2.24, 2.45) is 0 Å². The first-order valence-corrected chi connectivity index (χ1v) is 8.66. The van der Waals surface area contributed by atoms with Gasteiger partial charge in [0.2, 0.25) is 15.9 Å². The number of nitrogens with zero attached hydrogens (tertiary/aromatic N) is 2. The van der Waals surface area contributed by atoms with Crippen LogP contribution in [0.15, 0.2) is 21.4 Å². The molecule has 1 fully saturated rings. The monoisotopic (exact) mass is 346 g/mol. The molecule has 0 amide bonds. The van der Waals surface area contributed by atoms with E-state index in [9.17, 15) is 12.8 Å². The van der Waals surface area contributed by atoms with Gasteiger partial charge in [-0.15, -0.1) is 0 Å². The van der Waals surface area contributed by atoms with Gasteiger partial charge in [0.05, 0.1) is 5.02 Å². The highest BCUT2D eigenvalue weighted by Crippen LogP contribution is 2.36. The average molecular weight is 347 g/mol. The van der Waals surface area contributed by atoms with Gasteiger partial charge in [0.1, 0.15) is 16.6 Å². The number of fused-ring (bicyclic) bond motifs is 1. The van der Waals surface area contributed by atoms with Gasteiger partial charge in [0.15, 0.2) is 5.58 Å². The average Bonchev–Trinajstić information content (AvgIpc) is 2.77. The first kappa shape index (κ1) is 15.7. The Hall–Kier alpha value is -1.18. The van der Waals surface area contributed by atoms with Gasteiger partial charge in [0, 0.05) is 18.5 Å². The van der Waals surface area contributed by atoms with Crippen LogP contribution in [-0.4, -0.2) is 37.0 Å². The van der Waals surface area contributed by atoms with E-state index in [2.05, 4.69) is 4.98 Å². The van der Waals surface area contributed by atoms with E-state index >= 15 is 0 Å². The molecule has 1 aromatic carbocycles. The molecule has 0 unspecified atom stereocenters. The number of rotatable bonds is 2. The van der Waals surface area contributed by atoms with Crippen molar-refractivity contribution < 1.29 is 17.2 Å². The molecule has 2 aromatic rings. The SMILES string of the molecule is CC(C)(C)c1nc2ccc(Cl)c(S(=O)(=O)N3CC(F)C3)c2o1. The lowest BCUT2D eigenvalue weighted by atomic mass is 9.97. The van der Waals surface area contributed by atoms with Gasteiger partial charge in [-0.2, -0.15) is 4.31 Å². The van der Waals surface area contributed by atoms with Crippen LogP contribution in [0.25, 0.3) is 11.1 Å². The number of hydrogen-bond acceptors (Lipinski definition) is 4. The number of hydrogen-bond donors (Lipinski definition) is 0. The van der Waals surface area contributed by atoms with E-state index < -0.39 is 16.2 Å². The predicted octanol–water partition coefficient (Wildman–Crippen LogP) is 3.12. The molecule has 0 N–H and O–H groups in total. The third kappa shape index (κ3) is 2.41. The maximum atomic E-state index is 13.0. The second-order valence-corrected chi connectivity index (χ2v) is 8.70. The van der Waals surface area contributed by atoms with Crippen molar-refractivity contribution in [2.45, 2.75) is 37.3 Å². The van der Waals surface area contributed by atoms with Crippen LogP contribution in [0, 0.1) is 0 Å². The van der Waals surface area contributed by atoms with Crippen LogP contribution in [0.1, 0.15) is 26.7 Å². The molecule has 0 atom stereocenters. The summed E-state index contributed by atoms with van der Waals surface area (Å²) in [6.07, 6.45) is -1.13. The van der Waals surface area contributed by atoms with Crippen molar-refractivity contribution >= 4 is 32.7 Å². The summed E-state index contributed by atoms with van der Waals surface area (Å²) >= 11 is 6.09. The summed E-state index contributed by atoms with van der Waals surface area (Å²) in [5, 5.41) is 0.0476. The Balaban J connectivity index is 2.20. The Labute approximate surface area is 133 Å². The largest absolute Gasteiger partial charge is 0.439 e. The van der Waals surface area contributed by atoms with Crippen LogP contribution < -0.4 is 0 Å². The molecule has 0 aliphatic carbocycles. The Bertz CT molecular complexity index is 836. The molecule has 3 rings (SSSR count). The van der Waals surface area contributed by atoms with E-state index in [1.165, 1.54) is 6.07 Å². The lowest BCUT2D eigenvalue weighted by Crippen LogP contribution is -2.51. The second kappa shape index (κ2) is 4.91. The lowest BCUT2D eigenvalue weighted by molar-refractivity contribution is 0.141. The molecule has 120 valence electrons. The molecular weight excluding hydrogens is 331 g/mol. The van der Waals surface area contributed by atoms with Crippen molar-refractivity contribution in [2.75, 3.05) is 13.1 Å². The Morgan fingerprint density at radius 2 is 2.00 bits per heavy atom. The second-order valence-electron chi connectivity index (χ2n) is 6.41. The Morgan fingerprint density at radius 3 is 2.55 bits per heavy atom. The molecular formula is C14H16ClFN2O3S. The predicted molar refractivity (Wildman–Crippen MR) is 81.4 cm³/mol. The minimum absolute atomic E-state index is 0.0476. The number of oxazole rings is 1. The summed E-state index contributed by atoms with van der Waals surface area (Å²) in [7, 11) is -3.90. The number of benzene rings is 1. The quantitative estimate of drug-likeness (QED) is 0.838. The maximum absolute atomic E-state index is 13.0. The van der Waals surface area contributed by atoms with E-state index in [4.69, 9.17) is 16.0 Å². The first-order valence-electron chi connectivity index (χ1n) is 6.84. The van der Waals surface area contributed by atoms with E-state index in [0.717, 1.165) is 4.31 Å². The van der Waals surface area contributed by atoms with Gasteiger partial charge in [-0.1, -0.05) is 32.4 Å². The van der Waals surface area contributed by atoms with Crippen LogP contribution in [0.5, 0.6) is 0 Å². The first-order chi connectivity index (χ1) is 10.1. The molecule has 1 aromatic heterocycles. The van der Waals surface area contributed by atoms with E-state index in [1.807, 2.05) is 20.8 Å². The summed E-state index contributed by atoms with van der Waals surface area (Å²) in [5.41, 5.74) is 0.179. The normalized spacial score (nSPS) is 17.9. The molecule has 1 aliphatic rings. The molecule has 0 radical (unpaired) electrons. The fraction of sp³-hybridized carbons (Fsp3) is 0.500. The molecule has 1 saturated heterocycles. The molecule has 1 aliphatic heterocycles. The van der Waals surface area contributed by atoms with Crippen molar-refractivity contribution in [3.8, 4) is 0 Å². The summed E-state index contributed by atoms with van der Waals surface area (Å²) < 4.78 is 45.0. The molecule has 22 heavy (non-hydrogen) atoms. The Morgan fingerprint density at radius 1 is 1.36 bits per heavy atom. The summed E-state index contributed by atoms with van der Waals surface area (Å²) in [6, 6.07) is 3.09. The van der Waals surface area contributed by atoms with Gasteiger partial charge in [-0.3, -0.25) is 0 Å².